The van der Waals surface area contributed by atoms with Crippen molar-refractivity contribution in [2.45, 2.75) is 13.1 Å². The zero-order valence-electron chi connectivity index (χ0n) is 13.7. The highest BCUT2D eigenvalue weighted by molar-refractivity contribution is 5.51. The molecule has 0 bridgehead atoms. The predicted octanol–water partition coefficient (Wildman–Crippen LogP) is 2.94. The van der Waals surface area contributed by atoms with Crippen LogP contribution in [0.3, 0.4) is 0 Å². The summed E-state index contributed by atoms with van der Waals surface area (Å²) in [6.45, 7) is 0.830. The number of hydrogen-bond acceptors (Lipinski definition) is 4. The van der Waals surface area contributed by atoms with Crippen molar-refractivity contribution in [3.05, 3.63) is 94.7 Å². The fourth-order valence-corrected chi connectivity index (χ4v) is 2.67. The highest BCUT2D eigenvalue weighted by atomic mass is 19.1. The smallest absolute Gasteiger partial charge is 0.388 e. The molecule has 6 nitrogen and oxygen atoms in total. The quantitative estimate of drug-likeness (QED) is 0.555. The maximum absolute atomic E-state index is 13.0. The van der Waals surface area contributed by atoms with Crippen molar-refractivity contribution in [2.75, 3.05) is 0 Å². The summed E-state index contributed by atoms with van der Waals surface area (Å²) in [7, 11) is 0. The van der Waals surface area contributed by atoms with E-state index in [0.717, 1.165) is 5.56 Å². The van der Waals surface area contributed by atoms with Crippen LogP contribution in [0.15, 0.2) is 76.2 Å². The molecule has 2 aromatic heterocycles. The summed E-state index contributed by atoms with van der Waals surface area (Å²) in [5.41, 5.74) is 1.67. The number of hydrogen-bond donors (Lipinski definition) is 0. The molecule has 0 amide bonds. The Morgan fingerprint density at radius 1 is 1.00 bits per heavy atom. The molecule has 0 aliphatic rings. The molecule has 0 spiro atoms. The minimum absolute atomic E-state index is 0.149. The first-order valence-electron chi connectivity index (χ1n) is 8.07. The Bertz CT molecular complexity index is 1060. The van der Waals surface area contributed by atoms with E-state index in [0.29, 0.717) is 17.9 Å². The summed E-state index contributed by atoms with van der Waals surface area (Å²) in [6.07, 6.45) is 3.54. The molecule has 0 radical (unpaired) electrons. The Morgan fingerprint density at radius 2 is 1.77 bits per heavy atom. The molecule has 7 heteroatoms. The summed E-state index contributed by atoms with van der Waals surface area (Å²) >= 11 is 0. The molecular weight excluding hydrogens is 335 g/mol. The van der Waals surface area contributed by atoms with E-state index in [9.17, 15) is 9.18 Å². The van der Waals surface area contributed by atoms with Gasteiger partial charge in [0, 0.05) is 24.5 Å². The summed E-state index contributed by atoms with van der Waals surface area (Å²) < 4.78 is 21.4. The van der Waals surface area contributed by atoms with Crippen LogP contribution in [0.4, 0.5) is 4.39 Å². The third-order valence-corrected chi connectivity index (χ3v) is 3.99. The second-order valence-corrected chi connectivity index (χ2v) is 5.79. The molecule has 130 valence electrons. The maximum Gasteiger partial charge on any atom is 0.437 e. The molecule has 4 aromatic rings. The van der Waals surface area contributed by atoms with E-state index in [1.54, 1.807) is 6.20 Å². The lowest BCUT2D eigenvalue weighted by Crippen LogP contribution is -2.19. The lowest BCUT2D eigenvalue weighted by molar-refractivity contribution is 0.487. The van der Waals surface area contributed by atoms with Gasteiger partial charge in [0.2, 0.25) is 5.89 Å². The van der Waals surface area contributed by atoms with Crippen LogP contribution in [0.2, 0.25) is 0 Å². The Kier molecular flexibility index (Phi) is 4.18. The van der Waals surface area contributed by atoms with Gasteiger partial charge in [0.1, 0.15) is 18.2 Å². The Labute approximate surface area is 148 Å². The largest absolute Gasteiger partial charge is 0.437 e. The van der Waals surface area contributed by atoms with Gasteiger partial charge >= 0.3 is 5.76 Å². The molecule has 0 N–H and O–H groups in total. The Hall–Kier alpha value is -3.48. The first kappa shape index (κ1) is 16.0. The van der Waals surface area contributed by atoms with E-state index in [4.69, 9.17) is 4.42 Å². The molecule has 26 heavy (non-hydrogen) atoms. The molecule has 0 atom stereocenters. The van der Waals surface area contributed by atoms with Gasteiger partial charge in [-0.15, -0.1) is 5.10 Å². The van der Waals surface area contributed by atoms with Crippen LogP contribution in [0.5, 0.6) is 0 Å². The number of rotatable bonds is 5. The van der Waals surface area contributed by atoms with Crippen molar-refractivity contribution in [3.8, 4) is 11.5 Å². The van der Waals surface area contributed by atoms with Crippen molar-refractivity contribution in [2.24, 2.45) is 0 Å². The molecule has 0 unspecified atom stereocenters. The average Bonchev–Trinajstić information content (AvgIpc) is 3.24. The fourth-order valence-electron chi connectivity index (χ4n) is 2.67. The van der Waals surface area contributed by atoms with Crippen molar-refractivity contribution in [1.82, 2.24) is 19.3 Å². The normalized spacial score (nSPS) is 11.0. The number of nitrogens with zero attached hydrogens (tertiary/aromatic N) is 4. The minimum atomic E-state index is -0.585. The molecule has 0 fully saturated rings. The zero-order chi connectivity index (χ0) is 17.9. The second-order valence-electron chi connectivity index (χ2n) is 5.79. The van der Waals surface area contributed by atoms with E-state index in [1.807, 2.05) is 41.1 Å². The van der Waals surface area contributed by atoms with Crippen molar-refractivity contribution in [1.29, 1.82) is 0 Å². The summed E-state index contributed by atoms with van der Waals surface area (Å²) in [5.74, 6) is -0.108. The molecule has 0 saturated heterocycles. The van der Waals surface area contributed by atoms with Gasteiger partial charge in [-0.1, -0.05) is 30.3 Å². The van der Waals surface area contributed by atoms with E-state index in [1.165, 1.54) is 28.9 Å². The van der Waals surface area contributed by atoms with Crippen LogP contribution in [0.25, 0.3) is 11.5 Å². The number of benzene rings is 2. The van der Waals surface area contributed by atoms with Crippen LogP contribution in [-0.2, 0) is 13.1 Å². The van der Waals surface area contributed by atoms with E-state index >= 15 is 0 Å². The van der Waals surface area contributed by atoms with Gasteiger partial charge in [-0.05, 0) is 29.8 Å². The molecular formula is C19H15FN4O2. The second kappa shape index (κ2) is 6.79. The van der Waals surface area contributed by atoms with Gasteiger partial charge in [-0.25, -0.2) is 14.2 Å². The van der Waals surface area contributed by atoms with Gasteiger partial charge in [0.25, 0.3) is 0 Å². The molecule has 0 saturated carbocycles. The van der Waals surface area contributed by atoms with E-state index < -0.39 is 5.76 Å². The summed E-state index contributed by atoms with van der Waals surface area (Å²) in [6, 6.07) is 15.6. The van der Waals surface area contributed by atoms with Crippen LogP contribution in [0, 0.1) is 5.82 Å². The van der Waals surface area contributed by atoms with Crippen molar-refractivity contribution >= 4 is 0 Å². The lowest BCUT2D eigenvalue weighted by Gasteiger charge is -2.07. The summed E-state index contributed by atoms with van der Waals surface area (Å²) in [4.78, 5) is 16.4. The van der Waals surface area contributed by atoms with Crippen molar-refractivity contribution in [3.63, 3.8) is 0 Å². The van der Waals surface area contributed by atoms with Crippen LogP contribution in [-0.4, -0.2) is 19.3 Å². The molecule has 0 aliphatic heterocycles. The highest BCUT2D eigenvalue weighted by Gasteiger charge is 2.13. The molecule has 0 aliphatic carbocycles. The first-order chi connectivity index (χ1) is 12.7. The monoisotopic (exact) mass is 350 g/mol. The highest BCUT2D eigenvalue weighted by Crippen LogP contribution is 2.16. The van der Waals surface area contributed by atoms with Gasteiger partial charge in [0.05, 0.1) is 0 Å². The third-order valence-electron chi connectivity index (χ3n) is 3.99. The SMILES string of the molecule is O=c1oc(-c2ccc(F)cc2)nn1Cc1nccn1Cc1ccccc1. The van der Waals surface area contributed by atoms with E-state index in [2.05, 4.69) is 10.1 Å². The van der Waals surface area contributed by atoms with Crippen molar-refractivity contribution < 1.29 is 8.81 Å². The third kappa shape index (κ3) is 3.32. The Balaban J connectivity index is 1.58. The fraction of sp³-hybridized carbons (Fsp3) is 0.105. The predicted molar refractivity (Wildman–Crippen MR) is 93.0 cm³/mol. The number of halogens is 1. The first-order valence-corrected chi connectivity index (χ1v) is 8.07. The summed E-state index contributed by atoms with van der Waals surface area (Å²) in [5, 5.41) is 4.19. The minimum Gasteiger partial charge on any atom is -0.388 e. The van der Waals surface area contributed by atoms with E-state index in [-0.39, 0.29) is 18.3 Å². The van der Waals surface area contributed by atoms with Gasteiger partial charge in [0.15, 0.2) is 0 Å². The standard InChI is InChI=1S/C19H15FN4O2/c20-16-8-6-15(7-9-16)18-22-24(19(25)26-18)13-17-21-10-11-23(17)12-14-4-2-1-3-5-14/h1-11H,12-13H2. The van der Waals surface area contributed by atoms with Gasteiger partial charge in [-0.2, -0.15) is 4.68 Å². The lowest BCUT2D eigenvalue weighted by atomic mass is 10.2. The van der Waals surface area contributed by atoms with Crippen LogP contribution >= 0.6 is 0 Å². The number of aromatic nitrogens is 4. The molecule has 4 rings (SSSR count). The molecule has 2 aromatic carbocycles. The van der Waals surface area contributed by atoms with Crippen LogP contribution < -0.4 is 5.76 Å². The van der Waals surface area contributed by atoms with Gasteiger partial charge in [-0.3, -0.25) is 0 Å². The average molecular weight is 350 g/mol. The van der Waals surface area contributed by atoms with Crippen LogP contribution in [0.1, 0.15) is 11.4 Å². The maximum atomic E-state index is 13.0. The number of imidazole rings is 1. The topological polar surface area (TPSA) is 65.8 Å². The Morgan fingerprint density at radius 3 is 2.54 bits per heavy atom. The van der Waals surface area contributed by atoms with Gasteiger partial charge < -0.3 is 8.98 Å². The molecule has 2 heterocycles. The zero-order valence-corrected chi connectivity index (χ0v) is 13.7.